The van der Waals surface area contributed by atoms with Gasteiger partial charge in [0.05, 0.1) is 11.5 Å². The molecule has 1 atom stereocenters. The normalized spacial score (nSPS) is 17.2. The van der Waals surface area contributed by atoms with E-state index in [1.165, 1.54) is 12.1 Å². The van der Waals surface area contributed by atoms with Gasteiger partial charge in [0.2, 0.25) is 0 Å². The van der Waals surface area contributed by atoms with E-state index in [0.29, 0.717) is 17.5 Å². The van der Waals surface area contributed by atoms with Crippen molar-refractivity contribution in [2.24, 2.45) is 0 Å². The standard InChI is InChI=1S/C26H23FN2O4S/c1-17-9-10-19(13-23(17)27)25-14-24(28-33-25)26(30)29(21-11-12-34(31,32)16-21)15-20-7-4-6-18-5-2-3-8-22(18)20/h2-10,13-14,21H,11-12,15-16H2,1H3/t21-/m1/s1. The van der Waals surface area contributed by atoms with Gasteiger partial charge in [-0.15, -0.1) is 0 Å². The lowest BCUT2D eigenvalue weighted by molar-refractivity contribution is 0.0671. The Hall–Kier alpha value is -3.52. The van der Waals surface area contributed by atoms with Crippen LogP contribution in [0.15, 0.2) is 71.3 Å². The number of amides is 1. The van der Waals surface area contributed by atoms with Crippen LogP contribution in [-0.4, -0.2) is 41.9 Å². The third-order valence-electron chi connectivity index (χ3n) is 6.32. The third kappa shape index (κ3) is 4.33. The molecule has 4 aromatic rings. The van der Waals surface area contributed by atoms with E-state index in [2.05, 4.69) is 5.16 Å². The van der Waals surface area contributed by atoms with Crippen LogP contribution in [0.1, 0.15) is 28.0 Å². The first-order chi connectivity index (χ1) is 16.3. The fourth-order valence-electron chi connectivity index (χ4n) is 4.41. The minimum atomic E-state index is -3.22. The molecule has 0 saturated carbocycles. The van der Waals surface area contributed by atoms with Gasteiger partial charge in [0.25, 0.3) is 5.91 Å². The van der Waals surface area contributed by atoms with Gasteiger partial charge in [-0.1, -0.05) is 59.8 Å². The Kier molecular flexibility index (Phi) is 5.69. The largest absolute Gasteiger partial charge is 0.355 e. The minimum absolute atomic E-state index is 0.0453. The Morgan fingerprint density at radius 1 is 1.12 bits per heavy atom. The molecule has 34 heavy (non-hydrogen) atoms. The molecule has 6 nitrogen and oxygen atoms in total. The highest BCUT2D eigenvalue weighted by atomic mass is 32.2. The van der Waals surface area contributed by atoms with Crippen molar-refractivity contribution in [1.82, 2.24) is 10.1 Å². The summed E-state index contributed by atoms with van der Waals surface area (Å²) >= 11 is 0. The molecular weight excluding hydrogens is 455 g/mol. The Morgan fingerprint density at radius 2 is 1.91 bits per heavy atom. The van der Waals surface area contributed by atoms with Gasteiger partial charge in [0, 0.05) is 24.2 Å². The Morgan fingerprint density at radius 3 is 2.68 bits per heavy atom. The van der Waals surface area contributed by atoms with E-state index in [1.54, 1.807) is 24.0 Å². The fourth-order valence-corrected chi connectivity index (χ4v) is 6.14. The first kappa shape index (κ1) is 22.3. The number of halogens is 1. The van der Waals surface area contributed by atoms with Crippen LogP contribution >= 0.6 is 0 Å². The average Bonchev–Trinajstić information content (AvgIpc) is 3.45. The van der Waals surface area contributed by atoms with Crippen molar-refractivity contribution in [2.75, 3.05) is 11.5 Å². The van der Waals surface area contributed by atoms with Gasteiger partial charge in [0.1, 0.15) is 5.82 Å². The highest BCUT2D eigenvalue weighted by Crippen LogP contribution is 2.28. The molecule has 1 fully saturated rings. The molecule has 1 saturated heterocycles. The molecule has 1 amide bonds. The van der Waals surface area contributed by atoms with Gasteiger partial charge in [-0.3, -0.25) is 4.79 Å². The summed E-state index contributed by atoms with van der Waals surface area (Å²) < 4.78 is 43.8. The summed E-state index contributed by atoms with van der Waals surface area (Å²) in [6.45, 7) is 1.90. The van der Waals surface area contributed by atoms with Crippen LogP contribution in [0.25, 0.3) is 22.1 Å². The Labute approximate surface area is 196 Å². The van der Waals surface area contributed by atoms with Gasteiger partial charge >= 0.3 is 0 Å². The average molecular weight is 479 g/mol. The summed E-state index contributed by atoms with van der Waals surface area (Å²) in [5.41, 5.74) is 1.95. The van der Waals surface area contributed by atoms with Crippen molar-refractivity contribution in [1.29, 1.82) is 0 Å². The maximum Gasteiger partial charge on any atom is 0.276 e. The van der Waals surface area contributed by atoms with Gasteiger partial charge < -0.3 is 9.42 Å². The second kappa shape index (κ2) is 8.68. The van der Waals surface area contributed by atoms with Crippen molar-refractivity contribution in [3.8, 4) is 11.3 Å². The monoisotopic (exact) mass is 478 g/mol. The molecule has 2 heterocycles. The Bertz CT molecular complexity index is 1490. The van der Waals surface area contributed by atoms with Crippen LogP contribution in [0, 0.1) is 12.7 Å². The number of hydrogen-bond donors (Lipinski definition) is 0. The number of benzene rings is 3. The van der Waals surface area contributed by atoms with Crippen LogP contribution < -0.4 is 0 Å². The number of aromatic nitrogens is 1. The zero-order chi connectivity index (χ0) is 23.9. The SMILES string of the molecule is Cc1ccc(-c2cc(C(=O)N(Cc3cccc4ccccc34)[C@@H]3CCS(=O)(=O)C3)no2)cc1F. The number of hydrogen-bond acceptors (Lipinski definition) is 5. The molecular formula is C26H23FN2O4S. The summed E-state index contributed by atoms with van der Waals surface area (Å²) in [4.78, 5) is 15.2. The number of rotatable bonds is 5. The quantitative estimate of drug-likeness (QED) is 0.413. The highest BCUT2D eigenvalue weighted by molar-refractivity contribution is 7.91. The van der Waals surface area contributed by atoms with Gasteiger partial charge in [0.15, 0.2) is 21.3 Å². The van der Waals surface area contributed by atoms with Crippen LogP contribution in [0.5, 0.6) is 0 Å². The number of sulfone groups is 1. The molecule has 0 spiro atoms. The van der Waals surface area contributed by atoms with Crippen molar-refractivity contribution in [2.45, 2.75) is 25.9 Å². The summed E-state index contributed by atoms with van der Waals surface area (Å²) in [6, 6.07) is 19.4. The van der Waals surface area contributed by atoms with E-state index < -0.39 is 21.8 Å². The Balaban J connectivity index is 1.50. The van der Waals surface area contributed by atoms with Gasteiger partial charge in [-0.25, -0.2) is 12.8 Å². The molecule has 5 rings (SSSR count). The van der Waals surface area contributed by atoms with Crippen LogP contribution in [-0.2, 0) is 16.4 Å². The van der Waals surface area contributed by atoms with Crippen molar-refractivity contribution < 1.29 is 22.1 Å². The predicted octanol–water partition coefficient (Wildman–Crippen LogP) is 4.77. The molecule has 1 aliphatic rings. The van der Waals surface area contributed by atoms with E-state index >= 15 is 0 Å². The smallest absolute Gasteiger partial charge is 0.276 e. The highest BCUT2D eigenvalue weighted by Gasteiger charge is 2.36. The summed E-state index contributed by atoms with van der Waals surface area (Å²) in [7, 11) is -3.22. The second-order valence-corrected chi connectivity index (χ2v) is 10.9. The second-order valence-electron chi connectivity index (χ2n) is 8.67. The molecule has 1 aliphatic heterocycles. The van der Waals surface area contributed by atoms with E-state index in [9.17, 15) is 17.6 Å². The molecule has 0 N–H and O–H groups in total. The van der Waals surface area contributed by atoms with Crippen molar-refractivity contribution in [3.05, 3.63) is 89.4 Å². The number of carbonyl (C=O) groups excluding carboxylic acids is 1. The van der Waals surface area contributed by atoms with Crippen LogP contribution in [0.4, 0.5) is 4.39 Å². The minimum Gasteiger partial charge on any atom is -0.355 e. The zero-order valence-corrected chi connectivity index (χ0v) is 19.4. The number of aryl methyl sites for hydroxylation is 1. The third-order valence-corrected chi connectivity index (χ3v) is 8.07. The lowest BCUT2D eigenvalue weighted by Gasteiger charge is -2.28. The van der Waals surface area contributed by atoms with Crippen molar-refractivity contribution in [3.63, 3.8) is 0 Å². The van der Waals surface area contributed by atoms with Crippen LogP contribution in [0.3, 0.4) is 0 Å². The van der Waals surface area contributed by atoms with Gasteiger partial charge in [-0.2, -0.15) is 0 Å². The molecule has 0 aliphatic carbocycles. The predicted molar refractivity (Wildman–Crippen MR) is 128 cm³/mol. The lowest BCUT2D eigenvalue weighted by atomic mass is 10.0. The molecule has 0 radical (unpaired) electrons. The first-order valence-electron chi connectivity index (χ1n) is 11.0. The first-order valence-corrected chi connectivity index (χ1v) is 12.8. The molecule has 0 unspecified atom stereocenters. The summed E-state index contributed by atoms with van der Waals surface area (Å²) in [6.07, 6.45) is 0.368. The lowest BCUT2D eigenvalue weighted by Crippen LogP contribution is -2.40. The fraction of sp³-hybridized carbons (Fsp3) is 0.231. The molecule has 3 aromatic carbocycles. The van der Waals surface area contributed by atoms with Gasteiger partial charge in [-0.05, 0) is 41.3 Å². The van der Waals surface area contributed by atoms with E-state index in [4.69, 9.17) is 4.52 Å². The summed E-state index contributed by atoms with van der Waals surface area (Å²) in [5, 5.41) is 5.98. The zero-order valence-electron chi connectivity index (χ0n) is 18.6. The van der Waals surface area contributed by atoms with E-state index in [1.807, 2.05) is 42.5 Å². The summed E-state index contributed by atoms with van der Waals surface area (Å²) in [5.74, 6) is -0.569. The molecule has 1 aromatic heterocycles. The van der Waals surface area contributed by atoms with Crippen molar-refractivity contribution >= 4 is 26.5 Å². The number of carbonyl (C=O) groups is 1. The number of nitrogens with zero attached hydrogens (tertiary/aromatic N) is 2. The maximum atomic E-state index is 14.0. The topological polar surface area (TPSA) is 80.5 Å². The number of fused-ring (bicyclic) bond motifs is 1. The molecule has 8 heteroatoms. The van der Waals surface area contributed by atoms with E-state index in [-0.39, 0.29) is 35.3 Å². The van der Waals surface area contributed by atoms with E-state index in [0.717, 1.165) is 16.3 Å². The van der Waals surface area contributed by atoms with Crippen LogP contribution in [0.2, 0.25) is 0 Å². The molecule has 0 bridgehead atoms. The molecule has 174 valence electrons. The maximum absolute atomic E-state index is 14.0.